The molecule has 0 bridgehead atoms. The molecule has 3 rings (SSSR count). The van der Waals surface area contributed by atoms with Crippen molar-refractivity contribution in [2.24, 2.45) is 11.3 Å². The molecule has 0 aliphatic carbocycles. The second-order valence-corrected chi connectivity index (χ2v) is 7.64. The van der Waals surface area contributed by atoms with E-state index in [9.17, 15) is 0 Å². The quantitative estimate of drug-likeness (QED) is 0.882. The summed E-state index contributed by atoms with van der Waals surface area (Å²) in [6.45, 7) is 4.91. The summed E-state index contributed by atoms with van der Waals surface area (Å²) in [6, 6.07) is 11.1. The molecule has 0 aromatic heterocycles. The highest BCUT2D eigenvalue weighted by molar-refractivity contribution is 7.99. The van der Waals surface area contributed by atoms with E-state index >= 15 is 0 Å². The van der Waals surface area contributed by atoms with Crippen LogP contribution in [0.4, 0.5) is 0 Å². The lowest BCUT2D eigenvalue weighted by molar-refractivity contribution is 0.0912. The van der Waals surface area contributed by atoms with Gasteiger partial charge < -0.3 is 5.32 Å². The maximum absolute atomic E-state index is 3.64. The van der Waals surface area contributed by atoms with Crippen LogP contribution in [-0.2, 0) is 6.42 Å². The van der Waals surface area contributed by atoms with E-state index in [-0.39, 0.29) is 0 Å². The zero-order valence-corrected chi connectivity index (χ0v) is 12.7. The number of piperidine rings is 1. The summed E-state index contributed by atoms with van der Waals surface area (Å²) >= 11 is 2.21. The molecule has 1 aromatic carbocycles. The van der Waals surface area contributed by atoms with E-state index in [0.717, 1.165) is 11.2 Å². The van der Waals surface area contributed by atoms with E-state index in [1.54, 1.807) is 0 Å². The Morgan fingerprint density at radius 3 is 2.89 bits per heavy atom. The summed E-state index contributed by atoms with van der Waals surface area (Å²) in [5, 5.41) is 4.47. The van der Waals surface area contributed by atoms with Gasteiger partial charge in [0.05, 0.1) is 0 Å². The highest BCUT2D eigenvalue weighted by Crippen LogP contribution is 2.50. The Morgan fingerprint density at radius 1 is 1.26 bits per heavy atom. The molecule has 2 heteroatoms. The Labute approximate surface area is 121 Å². The van der Waals surface area contributed by atoms with Gasteiger partial charge in [-0.05, 0) is 61.4 Å². The molecule has 104 valence electrons. The molecule has 2 heterocycles. The van der Waals surface area contributed by atoms with Crippen LogP contribution in [0.1, 0.15) is 31.7 Å². The summed E-state index contributed by atoms with van der Waals surface area (Å²) in [4.78, 5) is 0. The lowest BCUT2D eigenvalue weighted by Crippen LogP contribution is -2.52. The van der Waals surface area contributed by atoms with E-state index in [1.165, 1.54) is 50.1 Å². The SMILES string of the molecule is CC1SCCCC12CCNCC2Cc1ccccc1. The maximum atomic E-state index is 3.64. The van der Waals surface area contributed by atoms with Crippen molar-refractivity contribution in [1.82, 2.24) is 5.32 Å². The van der Waals surface area contributed by atoms with E-state index in [4.69, 9.17) is 0 Å². The summed E-state index contributed by atoms with van der Waals surface area (Å²) in [7, 11) is 0. The molecule has 1 nitrogen and oxygen atoms in total. The zero-order chi connectivity index (χ0) is 13.1. The number of hydrogen-bond acceptors (Lipinski definition) is 2. The summed E-state index contributed by atoms with van der Waals surface area (Å²) in [6.07, 6.45) is 5.48. The van der Waals surface area contributed by atoms with Gasteiger partial charge in [0.15, 0.2) is 0 Å². The van der Waals surface area contributed by atoms with Gasteiger partial charge >= 0.3 is 0 Å². The average molecular weight is 275 g/mol. The first-order valence-electron chi connectivity index (χ1n) is 7.67. The van der Waals surface area contributed by atoms with Crippen LogP contribution >= 0.6 is 11.8 Å². The zero-order valence-electron chi connectivity index (χ0n) is 11.9. The van der Waals surface area contributed by atoms with Crippen molar-refractivity contribution in [1.29, 1.82) is 0 Å². The molecule has 3 unspecified atom stereocenters. The van der Waals surface area contributed by atoms with E-state index in [2.05, 4.69) is 54.3 Å². The molecule has 19 heavy (non-hydrogen) atoms. The Morgan fingerprint density at radius 2 is 2.11 bits per heavy atom. The van der Waals surface area contributed by atoms with Crippen LogP contribution < -0.4 is 5.32 Å². The first-order valence-corrected chi connectivity index (χ1v) is 8.72. The van der Waals surface area contributed by atoms with Crippen LogP contribution in [0.3, 0.4) is 0 Å². The molecular weight excluding hydrogens is 250 g/mol. The molecule has 0 radical (unpaired) electrons. The predicted molar refractivity (Wildman–Crippen MR) is 84.7 cm³/mol. The van der Waals surface area contributed by atoms with Crippen LogP contribution in [0, 0.1) is 11.3 Å². The van der Waals surface area contributed by atoms with Gasteiger partial charge in [-0.15, -0.1) is 0 Å². The Hall–Kier alpha value is -0.470. The molecule has 1 N–H and O–H groups in total. The van der Waals surface area contributed by atoms with Crippen LogP contribution in [0.15, 0.2) is 30.3 Å². The minimum atomic E-state index is 0.587. The van der Waals surface area contributed by atoms with Crippen molar-refractivity contribution in [3.05, 3.63) is 35.9 Å². The molecule has 2 saturated heterocycles. The van der Waals surface area contributed by atoms with Gasteiger partial charge in [-0.25, -0.2) is 0 Å². The number of rotatable bonds is 2. The number of nitrogens with one attached hydrogen (secondary N) is 1. The van der Waals surface area contributed by atoms with Crippen molar-refractivity contribution in [3.63, 3.8) is 0 Å². The monoisotopic (exact) mass is 275 g/mol. The topological polar surface area (TPSA) is 12.0 Å². The maximum Gasteiger partial charge on any atom is 0.00789 e. The van der Waals surface area contributed by atoms with Gasteiger partial charge in [-0.2, -0.15) is 11.8 Å². The van der Waals surface area contributed by atoms with Gasteiger partial charge in [0.2, 0.25) is 0 Å². The molecule has 1 aromatic rings. The molecule has 1 spiro atoms. The van der Waals surface area contributed by atoms with Gasteiger partial charge in [0, 0.05) is 5.25 Å². The summed E-state index contributed by atoms with van der Waals surface area (Å²) in [5.41, 5.74) is 2.10. The standard InChI is InChI=1S/C17H25NS/c1-14-17(8-5-11-19-14)9-10-18-13-16(17)12-15-6-3-2-4-7-15/h2-4,6-7,14,16,18H,5,8-13H2,1H3. The van der Waals surface area contributed by atoms with E-state index in [1.807, 2.05) is 0 Å². The van der Waals surface area contributed by atoms with Crippen molar-refractivity contribution in [3.8, 4) is 0 Å². The Balaban J connectivity index is 1.80. The molecule has 3 atom stereocenters. The highest BCUT2D eigenvalue weighted by Gasteiger charge is 2.45. The van der Waals surface area contributed by atoms with Gasteiger partial charge in [-0.3, -0.25) is 0 Å². The number of hydrogen-bond donors (Lipinski definition) is 1. The van der Waals surface area contributed by atoms with Crippen LogP contribution in [0.25, 0.3) is 0 Å². The normalized spacial score (nSPS) is 35.4. The first kappa shape index (κ1) is 13.5. The van der Waals surface area contributed by atoms with Crippen molar-refractivity contribution in [2.75, 3.05) is 18.8 Å². The van der Waals surface area contributed by atoms with Crippen molar-refractivity contribution >= 4 is 11.8 Å². The Kier molecular flexibility index (Phi) is 4.18. The van der Waals surface area contributed by atoms with E-state index in [0.29, 0.717) is 5.41 Å². The Bertz CT molecular complexity index is 399. The minimum absolute atomic E-state index is 0.587. The highest BCUT2D eigenvalue weighted by atomic mass is 32.2. The number of thioether (sulfide) groups is 1. The fourth-order valence-electron chi connectivity index (χ4n) is 4.07. The summed E-state index contributed by atoms with van der Waals surface area (Å²) < 4.78 is 0. The van der Waals surface area contributed by atoms with Crippen molar-refractivity contribution in [2.45, 2.75) is 37.9 Å². The second kappa shape index (κ2) is 5.88. The predicted octanol–water partition coefficient (Wildman–Crippen LogP) is 3.74. The average Bonchev–Trinajstić information content (AvgIpc) is 2.46. The van der Waals surface area contributed by atoms with Crippen molar-refractivity contribution < 1.29 is 0 Å². The summed E-state index contributed by atoms with van der Waals surface area (Å²) in [5.74, 6) is 2.18. The van der Waals surface area contributed by atoms with Gasteiger partial charge in [0.1, 0.15) is 0 Å². The third-order valence-corrected chi connectivity index (χ3v) is 6.75. The largest absolute Gasteiger partial charge is 0.316 e. The fraction of sp³-hybridized carbons (Fsp3) is 0.647. The third kappa shape index (κ3) is 2.71. The van der Waals surface area contributed by atoms with Crippen LogP contribution in [-0.4, -0.2) is 24.1 Å². The molecule has 2 aliphatic rings. The molecule has 2 aliphatic heterocycles. The van der Waals surface area contributed by atoms with Gasteiger partial charge in [-0.1, -0.05) is 37.3 Å². The van der Waals surface area contributed by atoms with Crippen LogP contribution in [0.5, 0.6) is 0 Å². The van der Waals surface area contributed by atoms with Gasteiger partial charge in [0.25, 0.3) is 0 Å². The smallest absolute Gasteiger partial charge is 0.00789 e. The molecule has 0 amide bonds. The fourth-order valence-corrected chi connectivity index (χ4v) is 5.50. The number of benzene rings is 1. The second-order valence-electron chi connectivity index (χ2n) is 6.19. The van der Waals surface area contributed by atoms with E-state index < -0.39 is 0 Å². The van der Waals surface area contributed by atoms with Crippen LogP contribution in [0.2, 0.25) is 0 Å². The molecule has 2 fully saturated rings. The minimum Gasteiger partial charge on any atom is -0.316 e. The molecular formula is C17H25NS. The first-order chi connectivity index (χ1) is 9.31. The molecule has 0 saturated carbocycles. The lowest BCUT2D eigenvalue weighted by atomic mass is 9.64. The lowest BCUT2D eigenvalue weighted by Gasteiger charge is -2.51. The third-order valence-electron chi connectivity index (χ3n) is 5.26.